The van der Waals surface area contributed by atoms with Gasteiger partial charge in [0.2, 0.25) is 0 Å². The molecule has 1 fully saturated rings. The van der Waals surface area contributed by atoms with Gasteiger partial charge in [-0.1, -0.05) is 38.0 Å². The van der Waals surface area contributed by atoms with Crippen LogP contribution in [0, 0.1) is 11.8 Å². The quantitative estimate of drug-likeness (QED) is 0.776. The van der Waals surface area contributed by atoms with Gasteiger partial charge in [-0.25, -0.2) is 0 Å². The van der Waals surface area contributed by atoms with E-state index < -0.39 is 0 Å². The van der Waals surface area contributed by atoms with Crippen LogP contribution in [0.5, 0.6) is 0 Å². The Balaban J connectivity index is 1.37. The normalized spacial score (nSPS) is 22.7. The fraction of sp³-hybridized carbons (Fsp3) is 0.579. The minimum absolute atomic E-state index is 0.925. The smallest absolute Gasteiger partial charge is 0.0480 e. The molecule has 1 aromatic carbocycles. The SMILES string of the molecule is CC1CCC(CNCCCn2ccc3ccccc32)CC1. The Bertz CT molecular complexity index is 549. The lowest BCUT2D eigenvalue weighted by Gasteiger charge is -2.26. The van der Waals surface area contributed by atoms with Crippen molar-refractivity contribution in [3.05, 3.63) is 36.5 Å². The second-order valence-electron chi connectivity index (χ2n) is 6.75. The summed E-state index contributed by atoms with van der Waals surface area (Å²) in [6.45, 7) is 5.87. The van der Waals surface area contributed by atoms with Gasteiger partial charge < -0.3 is 9.88 Å². The predicted octanol–water partition coefficient (Wildman–Crippen LogP) is 4.45. The Morgan fingerprint density at radius 3 is 2.76 bits per heavy atom. The van der Waals surface area contributed by atoms with E-state index in [1.54, 1.807) is 0 Å². The van der Waals surface area contributed by atoms with Crippen LogP contribution >= 0.6 is 0 Å². The molecule has 0 radical (unpaired) electrons. The van der Waals surface area contributed by atoms with E-state index in [1.807, 2.05) is 0 Å². The topological polar surface area (TPSA) is 17.0 Å². The molecule has 0 saturated heterocycles. The second kappa shape index (κ2) is 7.13. The van der Waals surface area contributed by atoms with Crippen molar-refractivity contribution >= 4 is 10.9 Å². The number of fused-ring (bicyclic) bond motifs is 1. The molecule has 1 aliphatic carbocycles. The summed E-state index contributed by atoms with van der Waals surface area (Å²) in [7, 11) is 0. The number of hydrogen-bond donors (Lipinski definition) is 1. The average Bonchev–Trinajstić information content (AvgIpc) is 2.92. The molecule has 0 spiro atoms. The largest absolute Gasteiger partial charge is 0.347 e. The van der Waals surface area contributed by atoms with Gasteiger partial charge in [-0.3, -0.25) is 0 Å². The van der Waals surface area contributed by atoms with Crippen molar-refractivity contribution in [2.75, 3.05) is 13.1 Å². The summed E-state index contributed by atoms with van der Waals surface area (Å²) in [6.07, 6.45) is 9.14. The second-order valence-corrected chi connectivity index (χ2v) is 6.75. The van der Waals surface area contributed by atoms with Crippen LogP contribution in [0.4, 0.5) is 0 Å². The van der Waals surface area contributed by atoms with Gasteiger partial charge in [-0.05, 0) is 61.7 Å². The Hall–Kier alpha value is -1.28. The first-order valence-electron chi connectivity index (χ1n) is 8.57. The van der Waals surface area contributed by atoms with Crippen molar-refractivity contribution in [1.82, 2.24) is 9.88 Å². The standard InChI is InChI=1S/C19H28N2/c1-16-7-9-17(10-8-16)15-20-12-4-13-21-14-11-18-5-2-3-6-19(18)21/h2-3,5-6,11,14,16-17,20H,4,7-10,12-13,15H2,1H3. The fourth-order valence-electron chi connectivity index (χ4n) is 3.55. The summed E-state index contributed by atoms with van der Waals surface area (Å²) in [6, 6.07) is 10.9. The van der Waals surface area contributed by atoms with E-state index in [-0.39, 0.29) is 0 Å². The van der Waals surface area contributed by atoms with Crippen LogP contribution in [-0.2, 0) is 6.54 Å². The van der Waals surface area contributed by atoms with E-state index in [4.69, 9.17) is 0 Å². The van der Waals surface area contributed by atoms with E-state index in [0.29, 0.717) is 0 Å². The predicted molar refractivity (Wildman–Crippen MR) is 90.5 cm³/mol. The Labute approximate surface area is 128 Å². The molecule has 0 unspecified atom stereocenters. The van der Waals surface area contributed by atoms with Crippen molar-refractivity contribution in [3.63, 3.8) is 0 Å². The molecule has 21 heavy (non-hydrogen) atoms. The van der Waals surface area contributed by atoms with Crippen molar-refractivity contribution in [1.29, 1.82) is 0 Å². The maximum atomic E-state index is 3.67. The third-order valence-electron chi connectivity index (χ3n) is 5.00. The number of para-hydroxylation sites is 1. The molecule has 2 nitrogen and oxygen atoms in total. The molecule has 0 bridgehead atoms. The Morgan fingerprint density at radius 2 is 1.90 bits per heavy atom. The molecule has 3 rings (SSSR count). The van der Waals surface area contributed by atoms with Crippen LogP contribution in [0.2, 0.25) is 0 Å². The molecule has 1 saturated carbocycles. The van der Waals surface area contributed by atoms with E-state index in [0.717, 1.165) is 24.9 Å². The molecule has 2 aromatic rings. The number of aromatic nitrogens is 1. The Morgan fingerprint density at radius 1 is 1.10 bits per heavy atom. The van der Waals surface area contributed by atoms with Crippen molar-refractivity contribution in [3.8, 4) is 0 Å². The van der Waals surface area contributed by atoms with Gasteiger partial charge >= 0.3 is 0 Å². The fourth-order valence-corrected chi connectivity index (χ4v) is 3.55. The Kier molecular flexibility index (Phi) is 4.97. The minimum atomic E-state index is 0.925. The molecule has 1 aliphatic rings. The first-order chi connectivity index (χ1) is 10.3. The van der Waals surface area contributed by atoms with E-state index >= 15 is 0 Å². The molecule has 0 amide bonds. The summed E-state index contributed by atoms with van der Waals surface area (Å²) in [4.78, 5) is 0. The van der Waals surface area contributed by atoms with Crippen LogP contribution in [0.3, 0.4) is 0 Å². The van der Waals surface area contributed by atoms with Crippen molar-refractivity contribution in [2.45, 2.75) is 45.6 Å². The van der Waals surface area contributed by atoms with E-state index in [2.05, 4.69) is 53.3 Å². The highest BCUT2D eigenvalue weighted by Crippen LogP contribution is 2.27. The van der Waals surface area contributed by atoms with E-state index in [1.165, 1.54) is 49.6 Å². The first kappa shape index (κ1) is 14.6. The number of aryl methyl sites for hydroxylation is 1. The number of rotatable bonds is 6. The highest BCUT2D eigenvalue weighted by molar-refractivity contribution is 5.79. The van der Waals surface area contributed by atoms with Crippen LogP contribution in [0.25, 0.3) is 10.9 Å². The lowest BCUT2D eigenvalue weighted by Crippen LogP contribution is -2.27. The van der Waals surface area contributed by atoms with Gasteiger partial charge in [-0.15, -0.1) is 0 Å². The van der Waals surface area contributed by atoms with Gasteiger partial charge in [0.05, 0.1) is 0 Å². The van der Waals surface area contributed by atoms with Crippen LogP contribution < -0.4 is 5.32 Å². The van der Waals surface area contributed by atoms with Gasteiger partial charge in [0.1, 0.15) is 0 Å². The zero-order valence-corrected chi connectivity index (χ0v) is 13.2. The summed E-state index contributed by atoms with van der Waals surface area (Å²) in [5, 5.41) is 5.02. The van der Waals surface area contributed by atoms with Crippen LogP contribution in [-0.4, -0.2) is 17.7 Å². The molecule has 0 aliphatic heterocycles. The number of benzene rings is 1. The van der Waals surface area contributed by atoms with E-state index in [9.17, 15) is 0 Å². The van der Waals surface area contributed by atoms with Crippen LogP contribution in [0.1, 0.15) is 39.0 Å². The van der Waals surface area contributed by atoms with Gasteiger partial charge in [-0.2, -0.15) is 0 Å². The number of nitrogens with one attached hydrogen (secondary N) is 1. The van der Waals surface area contributed by atoms with Gasteiger partial charge in [0, 0.05) is 18.3 Å². The van der Waals surface area contributed by atoms with Gasteiger partial charge in [0.15, 0.2) is 0 Å². The average molecular weight is 284 g/mol. The highest BCUT2D eigenvalue weighted by Gasteiger charge is 2.17. The molecular formula is C19H28N2. The summed E-state index contributed by atoms with van der Waals surface area (Å²) in [5.74, 6) is 1.89. The first-order valence-corrected chi connectivity index (χ1v) is 8.57. The molecular weight excluding hydrogens is 256 g/mol. The summed E-state index contributed by atoms with van der Waals surface area (Å²) in [5.41, 5.74) is 1.36. The van der Waals surface area contributed by atoms with Crippen molar-refractivity contribution in [2.24, 2.45) is 11.8 Å². The summed E-state index contributed by atoms with van der Waals surface area (Å²) < 4.78 is 2.37. The van der Waals surface area contributed by atoms with Crippen LogP contribution in [0.15, 0.2) is 36.5 Å². The molecule has 114 valence electrons. The molecule has 1 aromatic heterocycles. The minimum Gasteiger partial charge on any atom is -0.347 e. The maximum Gasteiger partial charge on any atom is 0.0480 e. The van der Waals surface area contributed by atoms with Crippen molar-refractivity contribution < 1.29 is 0 Å². The number of hydrogen-bond acceptors (Lipinski definition) is 1. The molecule has 1 heterocycles. The number of nitrogens with zero attached hydrogens (tertiary/aromatic N) is 1. The molecule has 1 N–H and O–H groups in total. The zero-order chi connectivity index (χ0) is 14.5. The maximum absolute atomic E-state index is 3.67. The van der Waals surface area contributed by atoms with Gasteiger partial charge in [0.25, 0.3) is 0 Å². The summed E-state index contributed by atoms with van der Waals surface area (Å²) >= 11 is 0. The molecule has 2 heteroatoms. The lowest BCUT2D eigenvalue weighted by molar-refractivity contribution is 0.281. The third-order valence-corrected chi connectivity index (χ3v) is 5.00. The zero-order valence-electron chi connectivity index (χ0n) is 13.2. The lowest BCUT2D eigenvalue weighted by atomic mass is 9.83. The molecule has 0 atom stereocenters. The monoisotopic (exact) mass is 284 g/mol. The highest BCUT2D eigenvalue weighted by atomic mass is 15.0. The third kappa shape index (κ3) is 3.88.